The van der Waals surface area contributed by atoms with Crippen LogP contribution in [0, 0.1) is 17.8 Å². The maximum absolute atomic E-state index is 6.57. The molecule has 2 saturated heterocycles. The smallest absolute Gasteiger partial charge is 0.161 e. The van der Waals surface area contributed by atoms with E-state index in [0.717, 1.165) is 25.7 Å². The van der Waals surface area contributed by atoms with Gasteiger partial charge < -0.3 is 14.2 Å². The molecule has 2 aliphatic rings. The van der Waals surface area contributed by atoms with Crippen molar-refractivity contribution in [1.82, 2.24) is 0 Å². The predicted molar refractivity (Wildman–Crippen MR) is 89.8 cm³/mol. The van der Waals surface area contributed by atoms with Gasteiger partial charge in [0.15, 0.2) is 6.29 Å². The summed E-state index contributed by atoms with van der Waals surface area (Å²) in [6, 6.07) is 0. The minimum Gasteiger partial charge on any atom is -0.369 e. The molecule has 2 heterocycles. The lowest BCUT2D eigenvalue weighted by atomic mass is 9.85. The van der Waals surface area contributed by atoms with Gasteiger partial charge in [0.2, 0.25) is 0 Å². The van der Waals surface area contributed by atoms with E-state index in [2.05, 4.69) is 48.5 Å². The lowest BCUT2D eigenvalue weighted by molar-refractivity contribution is -0.267. The number of hydrogen-bond donors (Lipinski definition) is 0. The molecule has 0 radical (unpaired) electrons. The van der Waals surface area contributed by atoms with Crippen molar-refractivity contribution in [2.75, 3.05) is 0 Å². The molecule has 3 heteroatoms. The largest absolute Gasteiger partial charge is 0.369 e. The summed E-state index contributed by atoms with van der Waals surface area (Å²) in [5.41, 5.74) is -0.189. The third-order valence-corrected chi connectivity index (χ3v) is 6.22. The van der Waals surface area contributed by atoms with E-state index in [9.17, 15) is 0 Å². The summed E-state index contributed by atoms with van der Waals surface area (Å²) in [7, 11) is 0. The maximum atomic E-state index is 6.57. The Bertz CT molecular complexity index is 359. The highest BCUT2D eigenvalue weighted by Crippen LogP contribution is 2.43. The number of ether oxygens (including phenoxy) is 3. The first-order chi connectivity index (χ1) is 10.4. The molecular formula is C19H36O3. The molecule has 2 rings (SSSR count). The van der Waals surface area contributed by atoms with Crippen LogP contribution in [0.3, 0.4) is 0 Å². The zero-order valence-corrected chi connectivity index (χ0v) is 15.6. The lowest BCUT2D eigenvalue weighted by Crippen LogP contribution is -2.48. The average molecular weight is 312 g/mol. The van der Waals surface area contributed by atoms with Crippen LogP contribution in [0.2, 0.25) is 0 Å². The second-order valence-corrected chi connectivity index (χ2v) is 7.75. The van der Waals surface area contributed by atoms with Crippen molar-refractivity contribution in [3.05, 3.63) is 0 Å². The molecule has 22 heavy (non-hydrogen) atoms. The molecule has 0 saturated carbocycles. The molecule has 130 valence electrons. The average Bonchev–Trinajstić information content (AvgIpc) is 2.76. The van der Waals surface area contributed by atoms with Gasteiger partial charge in [0.05, 0.1) is 23.9 Å². The fourth-order valence-electron chi connectivity index (χ4n) is 4.11. The van der Waals surface area contributed by atoms with Crippen molar-refractivity contribution < 1.29 is 14.2 Å². The first-order valence-corrected chi connectivity index (χ1v) is 9.34. The summed E-state index contributed by atoms with van der Waals surface area (Å²) in [6.45, 7) is 15.7. The third-order valence-electron chi connectivity index (χ3n) is 6.22. The summed E-state index contributed by atoms with van der Waals surface area (Å²) in [5, 5.41) is 0. The van der Waals surface area contributed by atoms with Gasteiger partial charge in [0.25, 0.3) is 0 Å². The summed E-state index contributed by atoms with van der Waals surface area (Å²) in [6.07, 6.45) is 4.91. The fraction of sp³-hybridized carbons (Fsp3) is 1.00. The molecule has 2 aliphatic heterocycles. The zero-order chi connectivity index (χ0) is 16.5. The molecule has 0 aromatic heterocycles. The Morgan fingerprint density at radius 3 is 2.27 bits per heavy atom. The molecule has 0 amide bonds. The molecule has 4 unspecified atom stereocenters. The van der Waals surface area contributed by atoms with Crippen LogP contribution in [0.25, 0.3) is 0 Å². The molecular weight excluding hydrogens is 276 g/mol. The van der Waals surface area contributed by atoms with E-state index in [1.165, 1.54) is 0 Å². The van der Waals surface area contributed by atoms with Crippen LogP contribution in [-0.4, -0.2) is 30.2 Å². The molecule has 0 aliphatic carbocycles. The number of rotatable bonds is 5. The van der Waals surface area contributed by atoms with Crippen LogP contribution >= 0.6 is 0 Å². The highest BCUT2D eigenvalue weighted by molar-refractivity contribution is 4.98. The van der Waals surface area contributed by atoms with Gasteiger partial charge in [-0.25, -0.2) is 0 Å². The lowest BCUT2D eigenvalue weighted by Gasteiger charge is -2.42. The Labute approximate surface area is 137 Å². The van der Waals surface area contributed by atoms with Crippen LogP contribution in [0.4, 0.5) is 0 Å². The van der Waals surface area contributed by atoms with Gasteiger partial charge in [-0.05, 0) is 38.5 Å². The quantitative estimate of drug-likeness (QED) is 0.731. The van der Waals surface area contributed by atoms with Gasteiger partial charge in [-0.3, -0.25) is 0 Å². The molecule has 8 atom stereocenters. The van der Waals surface area contributed by atoms with E-state index in [1.807, 2.05) is 0 Å². The van der Waals surface area contributed by atoms with Crippen molar-refractivity contribution >= 4 is 0 Å². The fourth-order valence-corrected chi connectivity index (χ4v) is 4.11. The molecule has 0 N–H and O–H groups in total. The van der Waals surface area contributed by atoms with E-state index >= 15 is 0 Å². The summed E-state index contributed by atoms with van der Waals surface area (Å²) in [4.78, 5) is 0. The minimum atomic E-state index is -0.189. The number of hydrogen-bond acceptors (Lipinski definition) is 3. The zero-order valence-electron chi connectivity index (χ0n) is 15.6. The van der Waals surface area contributed by atoms with Gasteiger partial charge in [-0.15, -0.1) is 0 Å². The molecule has 2 fully saturated rings. The van der Waals surface area contributed by atoms with E-state index < -0.39 is 0 Å². The van der Waals surface area contributed by atoms with Gasteiger partial charge >= 0.3 is 0 Å². The Balaban J connectivity index is 2.12. The first-order valence-electron chi connectivity index (χ1n) is 9.34. The summed E-state index contributed by atoms with van der Waals surface area (Å²) in [5.74, 6) is 1.51. The molecule has 0 aromatic rings. The second-order valence-electron chi connectivity index (χ2n) is 7.75. The highest BCUT2D eigenvalue weighted by atomic mass is 16.7. The Morgan fingerprint density at radius 1 is 1.05 bits per heavy atom. The topological polar surface area (TPSA) is 27.7 Å². The minimum absolute atomic E-state index is 0.0915. The SMILES string of the molecule is CC[C@@H]1C[C@H](C)C(C)[C@H](OC2C(C)[C@H](CC)OC2(C)CC)O1. The molecule has 0 bridgehead atoms. The van der Waals surface area contributed by atoms with Crippen LogP contribution in [-0.2, 0) is 14.2 Å². The van der Waals surface area contributed by atoms with E-state index in [0.29, 0.717) is 30.0 Å². The van der Waals surface area contributed by atoms with Crippen LogP contribution in [0.5, 0.6) is 0 Å². The highest BCUT2D eigenvalue weighted by Gasteiger charge is 2.51. The normalized spacial score (nSPS) is 49.5. The van der Waals surface area contributed by atoms with Crippen molar-refractivity contribution in [2.24, 2.45) is 17.8 Å². The van der Waals surface area contributed by atoms with Crippen LogP contribution in [0.15, 0.2) is 0 Å². The molecule has 3 nitrogen and oxygen atoms in total. The predicted octanol–water partition coefficient (Wildman–Crippen LogP) is 4.78. The van der Waals surface area contributed by atoms with Gasteiger partial charge in [-0.2, -0.15) is 0 Å². The van der Waals surface area contributed by atoms with E-state index in [1.54, 1.807) is 0 Å². The molecule has 0 spiro atoms. The van der Waals surface area contributed by atoms with Gasteiger partial charge in [0, 0.05) is 11.8 Å². The summed E-state index contributed by atoms with van der Waals surface area (Å²) >= 11 is 0. The monoisotopic (exact) mass is 312 g/mol. The Morgan fingerprint density at radius 2 is 1.73 bits per heavy atom. The van der Waals surface area contributed by atoms with Crippen molar-refractivity contribution in [1.29, 1.82) is 0 Å². The standard InChI is InChI=1S/C19H36O3/c1-8-15-11-12(4)13(5)18(20-15)21-17-14(6)16(9-2)22-19(17,7)10-3/h12-18H,8-11H2,1-7H3/t12-,13?,14?,15+,16-,17?,18-,19?/m0/s1. The third kappa shape index (κ3) is 3.37. The van der Waals surface area contributed by atoms with Crippen molar-refractivity contribution in [3.8, 4) is 0 Å². The van der Waals surface area contributed by atoms with Crippen LogP contribution in [0.1, 0.15) is 74.1 Å². The van der Waals surface area contributed by atoms with E-state index in [-0.39, 0.29) is 18.0 Å². The first kappa shape index (κ1) is 18.2. The molecule has 0 aromatic carbocycles. The van der Waals surface area contributed by atoms with Crippen LogP contribution < -0.4 is 0 Å². The van der Waals surface area contributed by atoms with Crippen molar-refractivity contribution in [3.63, 3.8) is 0 Å². The van der Waals surface area contributed by atoms with Gasteiger partial charge in [-0.1, -0.05) is 41.5 Å². The Kier molecular flexibility index (Phi) is 5.95. The Hall–Kier alpha value is -0.120. The maximum Gasteiger partial charge on any atom is 0.161 e. The van der Waals surface area contributed by atoms with E-state index in [4.69, 9.17) is 14.2 Å². The van der Waals surface area contributed by atoms with Gasteiger partial charge in [0.1, 0.15) is 0 Å². The van der Waals surface area contributed by atoms with Crippen molar-refractivity contribution in [2.45, 2.75) is 104 Å². The second kappa shape index (κ2) is 7.19. The summed E-state index contributed by atoms with van der Waals surface area (Å²) < 4.78 is 19.2.